The second-order valence-electron chi connectivity index (χ2n) is 9.78. The summed E-state index contributed by atoms with van der Waals surface area (Å²) in [5, 5.41) is 11.0. The van der Waals surface area contributed by atoms with Gasteiger partial charge in [-0.3, -0.25) is 9.10 Å². The number of sulfonamides is 1. The van der Waals surface area contributed by atoms with Crippen LogP contribution in [0.2, 0.25) is 15.1 Å². The highest BCUT2D eigenvalue weighted by Gasteiger charge is 2.39. The molecular formula is C28H26Cl3F3N2O4S. The van der Waals surface area contributed by atoms with Crippen LogP contribution in [0.1, 0.15) is 36.0 Å². The number of hydrogen-bond acceptors (Lipinski definition) is 4. The first-order valence-corrected chi connectivity index (χ1v) is 15.1. The van der Waals surface area contributed by atoms with Crippen molar-refractivity contribution in [3.63, 3.8) is 0 Å². The van der Waals surface area contributed by atoms with Crippen LogP contribution in [0.25, 0.3) is 0 Å². The number of benzene rings is 3. The number of rotatable bonds is 7. The van der Waals surface area contributed by atoms with Crippen LogP contribution in [0.5, 0.6) is 0 Å². The van der Waals surface area contributed by atoms with Gasteiger partial charge in [-0.15, -0.1) is 0 Å². The van der Waals surface area contributed by atoms with E-state index >= 15 is 0 Å². The Morgan fingerprint density at radius 1 is 0.976 bits per heavy atom. The monoisotopic (exact) mass is 648 g/mol. The summed E-state index contributed by atoms with van der Waals surface area (Å²) in [6.07, 6.45) is -4.25. The molecule has 6 nitrogen and oxygen atoms in total. The molecule has 0 unspecified atom stereocenters. The van der Waals surface area contributed by atoms with Gasteiger partial charge in [0.15, 0.2) is 0 Å². The third-order valence-corrected chi connectivity index (χ3v) is 10.1. The van der Waals surface area contributed by atoms with Crippen LogP contribution in [0, 0.1) is 0 Å². The lowest BCUT2D eigenvalue weighted by atomic mass is 9.83. The van der Waals surface area contributed by atoms with E-state index in [1.54, 1.807) is 29.2 Å². The van der Waals surface area contributed by atoms with Crippen LogP contribution >= 0.6 is 34.8 Å². The number of aliphatic hydroxyl groups is 1. The highest BCUT2D eigenvalue weighted by atomic mass is 35.5. The number of carbonyl (C=O) groups is 1. The fourth-order valence-corrected chi connectivity index (χ4v) is 6.65. The van der Waals surface area contributed by atoms with Gasteiger partial charge in [0.1, 0.15) is 0 Å². The minimum absolute atomic E-state index is 0.0378. The normalized spacial score (nSPS) is 15.6. The molecule has 0 spiro atoms. The highest BCUT2D eigenvalue weighted by molar-refractivity contribution is 7.92. The van der Waals surface area contributed by atoms with Gasteiger partial charge in [-0.25, -0.2) is 8.42 Å². The number of nitrogens with zero attached hydrogens (tertiary/aromatic N) is 2. The van der Waals surface area contributed by atoms with Crippen molar-refractivity contribution in [2.75, 3.05) is 24.4 Å². The number of anilines is 1. The predicted molar refractivity (Wildman–Crippen MR) is 153 cm³/mol. The Balaban J connectivity index is 1.43. The molecule has 1 amide bonds. The molecule has 1 aliphatic rings. The number of halogens is 6. The van der Waals surface area contributed by atoms with Gasteiger partial charge in [0.2, 0.25) is 5.91 Å². The summed E-state index contributed by atoms with van der Waals surface area (Å²) < 4.78 is 67.6. The molecule has 1 aliphatic heterocycles. The fraction of sp³-hybridized carbons (Fsp3) is 0.321. The minimum Gasteiger partial charge on any atom is -0.385 e. The molecular weight excluding hydrogens is 624 g/mol. The number of para-hydroxylation sites is 1. The van der Waals surface area contributed by atoms with Crippen LogP contribution in [0.15, 0.2) is 65.6 Å². The van der Waals surface area contributed by atoms with Gasteiger partial charge in [-0.2, -0.15) is 13.2 Å². The molecule has 0 aromatic heterocycles. The Morgan fingerprint density at radius 2 is 1.61 bits per heavy atom. The topological polar surface area (TPSA) is 77.9 Å². The average Bonchev–Trinajstić information content (AvgIpc) is 2.92. The van der Waals surface area contributed by atoms with E-state index in [-0.39, 0.29) is 65.2 Å². The van der Waals surface area contributed by atoms with Gasteiger partial charge in [-0.1, -0.05) is 59.1 Å². The molecule has 41 heavy (non-hydrogen) atoms. The van der Waals surface area contributed by atoms with Gasteiger partial charge in [0.25, 0.3) is 10.0 Å². The van der Waals surface area contributed by atoms with Gasteiger partial charge < -0.3 is 10.0 Å². The van der Waals surface area contributed by atoms with E-state index in [9.17, 15) is 31.5 Å². The molecule has 13 heteroatoms. The van der Waals surface area contributed by atoms with Gasteiger partial charge in [0.05, 0.1) is 36.8 Å². The summed E-state index contributed by atoms with van der Waals surface area (Å²) in [7, 11) is -2.57. The third kappa shape index (κ3) is 6.78. The zero-order valence-electron chi connectivity index (χ0n) is 21.8. The van der Waals surface area contributed by atoms with E-state index in [1.807, 2.05) is 0 Å². The number of hydrogen-bond donors (Lipinski definition) is 1. The Hall–Kier alpha value is -2.50. The summed E-state index contributed by atoms with van der Waals surface area (Å²) in [5.41, 5.74) is -1.44. The van der Waals surface area contributed by atoms with Crippen molar-refractivity contribution < 1.29 is 31.5 Å². The number of alkyl halides is 3. The van der Waals surface area contributed by atoms with E-state index in [0.717, 1.165) is 16.4 Å². The zero-order chi connectivity index (χ0) is 30.2. The van der Waals surface area contributed by atoms with Gasteiger partial charge >= 0.3 is 6.18 Å². The molecule has 4 rings (SSSR count). The van der Waals surface area contributed by atoms with E-state index in [2.05, 4.69) is 0 Å². The van der Waals surface area contributed by atoms with Crippen LogP contribution in [0.4, 0.5) is 18.9 Å². The lowest BCUT2D eigenvalue weighted by molar-refractivity contribution is -0.137. The third-order valence-electron chi connectivity index (χ3n) is 7.24. The number of aryl methyl sites for hydroxylation is 1. The van der Waals surface area contributed by atoms with Crippen LogP contribution < -0.4 is 4.31 Å². The summed E-state index contributed by atoms with van der Waals surface area (Å²) in [5.74, 6) is -0.219. The van der Waals surface area contributed by atoms with Gasteiger partial charge in [-0.05, 0) is 66.8 Å². The molecule has 3 aromatic rings. The number of carbonyl (C=O) groups excluding carboxylic acids is 1. The predicted octanol–water partition coefficient (Wildman–Crippen LogP) is 6.93. The number of amides is 1. The first kappa shape index (κ1) is 31.4. The molecule has 1 saturated heterocycles. The molecule has 0 atom stereocenters. The summed E-state index contributed by atoms with van der Waals surface area (Å²) in [6.45, 7) is 0.291. The van der Waals surface area contributed by atoms with Gasteiger partial charge in [0, 0.05) is 26.6 Å². The standard InChI is InChI=1S/C28H26Cl3F3N2O4S/c1-35(41(39,40)20-8-10-23(30)24(31)17-20)25-5-3-2-4-18(25)6-11-26(37)36-14-12-27(38,13-15-36)19-7-9-22(29)21(16-19)28(32,33)34/h2-5,7-10,16-17,38H,6,11-15H2,1H3. The highest BCUT2D eigenvalue weighted by Crippen LogP contribution is 2.40. The van der Waals surface area contributed by atoms with Crippen molar-refractivity contribution in [3.8, 4) is 0 Å². The Kier molecular flexibility index (Phi) is 9.21. The quantitative estimate of drug-likeness (QED) is 0.301. The number of piperidine rings is 1. The van der Waals surface area contributed by atoms with Crippen molar-refractivity contribution in [2.24, 2.45) is 0 Å². The Bertz CT molecular complexity index is 1560. The van der Waals surface area contributed by atoms with Crippen LogP contribution in [0.3, 0.4) is 0 Å². The second kappa shape index (κ2) is 12.0. The summed E-state index contributed by atoms with van der Waals surface area (Å²) in [6, 6.07) is 14.2. The zero-order valence-corrected chi connectivity index (χ0v) is 24.8. The van der Waals surface area contributed by atoms with E-state index in [0.29, 0.717) is 11.3 Å². The van der Waals surface area contributed by atoms with E-state index in [1.165, 1.54) is 31.3 Å². The number of likely N-dealkylation sites (tertiary alicyclic amines) is 1. The fourth-order valence-electron chi connectivity index (χ4n) is 4.80. The van der Waals surface area contributed by atoms with E-state index in [4.69, 9.17) is 34.8 Å². The lowest BCUT2D eigenvalue weighted by Crippen LogP contribution is -2.45. The van der Waals surface area contributed by atoms with E-state index < -0.39 is 32.4 Å². The largest absolute Gasteiger partial charge is 0.417 e. The summed E-state index contributed by atoms with van der Waals surface area (Å²) >= 11 is 17.7. The molecule has 0 radical (unpaired) electrons. The van der Waals surface area contributed by atoms with Crippen molar-refractivity contribution in [1.82, 2.24) is 4.90 Å². The SMILES string of the molecule is CN(c1ccccc1CCC(=O)N1CCC(O)(c2ccc(Cl)c(C(F)(F)F)c2)CC1)S(=O)(=O)c1ccc(Cl)c(Cl)c1. The first-order valence-electron chi connectivity index (χ1n) is 12.5. The first-order chi connectivity index (χ1) is 19.1. The maximum absolute atomic E-state index is 13.3. The van der Waals surface area contributed by atoms with Crippen LogP contribution in [-0.2, 0) is 33.0 Å². The molecule has 0 aliphatic carbocycles. The maximum atomic E-state index is 13.3. The molecule has 0 saturated carbocycles. The molecule has 3 aromatic carbocycles. The van der Waals surface area contributed by atoms with Crippen LogP contribution in [-0.4, -0.2) is 44.5 Å². The Labute approximate surface area is 251 Å². The molecule has 1 fully saturated rings. The second-order valence-corrected chi connectivity index (χ2v) is 13.0. The Morgan fingerprint density at radius 3 is 2.24 bits per heavy atom. The van der Waals surface area contributed by atoms with Crippen molar-refractivity contribution in [2.45, 2.75) is 42.4 Å². The molecule has 1 heterocycles. The molecule has 220 valence electrons. The van der Waals surface area contributed by atoms with Crippen molar-refractivity contribution >= 4 is 56.4 Å². The van der Waals surface area contributed by atoms with Crippen molar-refractivity contribution in [1.29, 1.82) is 0 Å². The minimum atomic E-state index is -4.66. The average molecular weight is 650 g/mol. The smallest absolute Gasteiger partial charge is 0.385 e. The maximum Gasteiger partial charge on any atom is 0.417 e. The lowest BCUT2D eigenvalue weighted by Gasteiger charge is -2.39. The molecule has 0 bridgehead atoms. The summed E-state index contributed by atoms with van der Waals surface area (Å²) in [4.78, 5) is 14.5. The molecule has 1 N–H and O–H groups in total. The van der Waals surface area contributed by atoms with Crippen molar-refractivity contribution in [3.05, 3.63) is 92.4 Å².